The third-order valence-electron chi connectivity index (χ3n) is 4.36. The Labute approximate surface area is 115 Å². The molecule has 0 saturated carbocycles. The summed E-state index contributed by atoms with van der Waals surface area (Å²) in [6, 6.07) is 13.7. The number of hydrogen-bond donors (Lipinski definition) is 1. The van der Waals surface area contributed by atoms with Crippen LogP contribution < -0.4 is 5.32 Å². The highest BCUT2D eigenvalue weighted by atomic mass is 14.8. The first-order valence-electron chi connectivity index (χ1n) is 6.93. The van der Waals surface area contributed by atoms with Crippen LogP contribution in [-0.2, 0) is 5.41 Å². The van der Waals surface area contributed by atoms with Crippen molar-refractivity contribution in [3.05, 3.63) is 58.7 Å². The summed E-state index contributed by atoms with van der Waals surface area (Å²) in [5.41, 5.74) is 8.48. The van der Waals surface area contributed by atoms with Crippen molar-refractivity contribution < 1.29 is 0 Å². The van der Waals surface area contributed by atoms with Gasteiger partial charge in [0.15, 0.2) is 0 Å². The molecule has 1 aliphatic rings. The van der Waals surface area contributed by atoms with Crippen molar-refractivity contribution in [1.82, 2.24) is 5.32 Å². The summed E-state index contributed by atoms with van der Waals surface area (Å²) in [7, 11) is 2.04. The monoisotopic (exact) mass is 251 g/mol. The third-order valence-corrected chi connectivity index (χ3v) is 4.36. The van der Waals surface area contributed by atoms with Gasteiger partial charge < -0.3 is 5.32 Å². The van der Waals surface area contributed by atoms with Crippen LogP contribution in [0.1, 0.15) is 29.2 Å². The van der Waals surface area contributed by atoms with Crippen LogP contribution in [0, 0.1) is 13.8 Å². The molecule has 0 fully saturated rings. The van der Waals surface area contributed by atoms with Gasteiger partial charge in [0.05, 0.1) is 0 Å². The SMILES string of the molecule is CNCC1(C)c2cc(C)ccc2-c2ccc(C)cc21. The lowest BCUT2D eigenvalue weighted by atomic mass is 9.79. The average molecular weight is 251 g/mol. The molecule has 0 aromatic heterocycles. The summed E-state index contributed by atoms with van der Waals surface area (Å²) in [4.78, 5) is 0. The fourth-order valence-corrected chi connectivity index (χ4v) is 3.39. The maximum Gasteiger partial charge on any atom is 0.0311 e. The third kappa shape index (κ3) is 1.73. The number of nitrogens with one attached hydrogen (secondary N) is 1. The van der Waals surface area contributed by atoms with E-state index in [1.165, 1.54) is 33.4 Å². The smallest absolute Gasteiger partial charge is 0.0311 e. The molecule has 3 rings (SSSR count). The normalized spacial score (nSPS) is 15.2. The van der Waals surface area contributed by atoms with Crippen LogP contribution in [0.2, 0.25) is 0 Å². The Morgan fingerprint density at radius 3 is 1.79 bits per heavy atom. The van der Waals surface area contributed by atoms with Crippen molar-refractivity contribution in [2.24, 2.45) is 0 Å². The first kappa shape index (κ1) is 12.4. The van der Waals surface area contributed by atoms with Gasteiger partial charge in [-0.05, 0) is 43.1 Å². The Morgan fingerprint density at radius 2 is 1.37 bits per heavy atom. The highest BCUT2D eigenvalue weighted by molar-refractivity contribution is 5.81. The minimum Gasteiger partial charge on any atom is -0.319 e. The van der Waals surface area contributed by atoms with E-state index in [4.69, 9.17) is 0 Å². The number of fused-ring (bicyclic) bond motifs is 3. The summed E-state index contributed by atoms with van der Waals surface area (Å²) in [5.74, 6) is 0. The molecule has 0 heterocycles. The van der Waals surface area contributed by atoms with Gasteiger partial charge in [-0.25, -0.2) is 0 Å². The fourth-order valence-electron chi connectivity index (χ4n) is 3.39. The molecule has 0 aliphatic heterocycles. The molecule has 1 nitrogen and oxygen atoms in total. The zero-order valence-corrected chi connectivity index (χ0v) is 12.2. The van der Waals surface area contributed by atoms with Crippen molar-refractivity contribution in [2.45, 2.75) is 26.2 Å². The molecule has 0 unspecified atom stereocenters. The topological polar surface area (TPSA) is 12.0 Å². The first-order valence-corrected chi connectivity index (χ1v) is 6.93. The minimum atomic E-state index is 0.0808. The highest BCUT2D eigenvalue weighted by Crippen LogP contribution is 2.48. The summed E-state index contributed by atoms with van der Waals surface area (Å²) in [5, 5.41) is 3.37. The molecule has 0 bridgehead atoms. The van der Waals surface area contributed by atoms with Crippen LogP contribution in [0.4, 0.5) is 0 Å². The number of likely N-dealkylation sites (N-methyl/N-ethyl adjacent to an activating group) is 1. The Bertz CT molecular complexity index is 589. The molecule has 1 aliphatic carbocycles. The molecule has 0 spiro atoms. The van der Waals surface area contributed by atoms with E-state index in [9.17, 15) is 0 Å². The molecule has 2 aromatic rings. The number of hydrogen-bond acceptors (Lipinski definition) is 1. The zero-order valence-electron chi connectivity index (χ0n) is 12.2. The lowest BCUT2D eigenvalue weighted by Crippen LogP contribution is -2.33. The minimum absolute atomic E-state index is 0.0808. The van der Waals surface area contributed by atoms with Crippen molar-refractivity contribution in [3.8, 4) is 11.1 Å². The first-order chi connectivity index (χ1) is 9.06. The van der Waals surface area contributed by atoms with Gasteiger partial charge in [0.1, 0.15) is 0 Å². The van der Waals surface area contributed by atoms with Gasteiger partial charge in [-0.1, -0.05) is 54.4 Å². The number of rotatable bonds is 2. The molecule has 0 amide bonds. The molecule has 0 saturated heterocycles. The summed E-state index contributed by atoms with van der Waals surface area (Å²) >= 11 is 0. The molecule has 98 valence electrons. The Morgan fingerprint density at radius 1 is 0.895 bits per heavy atom. The lowest BCUT2D eigenvalue weighted by Gasteiger charge is -2.27. The zero-order chi connectivity index (χ0) is 13.6. The molecule has 1 N–H and O–H groups in total. The van der Waals surface area contributed by atoms with E-state index in [0.717, 1.165) is 6.54 Å². The lowest BCUT2D eigenvalue weighted by molar-refractivity contribution is 0.544. The van der Waals surface area contributed by atoms with E-state index in [-0.39, 0.29) is 5.41 Å². The van der Waals surface area contributed by atoms with Crippen molar-refractivity contribution >= 4 is 0 Å². The molecule has 2 aromatic carbocycles. The van der Waals surface area contributed by atoms with Crippen LogP contribution in [0.15, 0.2) is 36.4 Å². The molecular weight excluding hydrogens is 230 g/mol. The second kappa shape index (κ2) is 4.21. The van der Waals surface area contributed by atoms with Crippen LogP contribution in [0.25, 0.3) is 11.1 Å². The standard InChI is InChI=1S/C18H21N/c1-12-5-7-14-15-8-6-13(2)10-17(15)18(3,11-19-4)16(14)9-12/h5-10,19H,11H2,1-4H3. The second-order valence-electron chi connectivity index (χ2n) is 5.96. The van der Waals surface area contributed by atoms with Crippen molar-refractivity contribution in [3.63, 3.8) is 0 Å². The predicted molar refractivity (Wildman–Crippen MR) is 81.7 cm³/mol. The van der Waals surface area contributed by atoms with Crippen molar-refractivity contribution in [1.29, 1.82) is 0 Å². The summed E-state index contributed by atoms with van der Waals surface area (Å²) < 4.78 is 0. The Hall–Kier alpha value is -1.60. The maximum atomic E-state index is 3.37. The van der Waals surface area contributed by atoms with Crippen LogP contribution >= 0.6 is 0 Å². The summed E-state index contributed by atoms with van der Waals surface area (Å²) in [6.45, 7) is 7.68. The van der Waals surface area contributed by atoms with Crippen LogP contribution in [0.3, 0.4) is 0 Å². The maximum absolute atomic E-state index is 3.37. The van der Waals surface area contributed by atoms with E-state index >= 15 is 0 Å². The van der Waals surface area contributed by atoms with E-state index in [2.05, 4.69) is 62.5 Å². The van der Waals surface area contributed by atoms with E-state index in [1.54, 1.807) is 0 Å². The average Bonchev–Trinajstić information content (AvgIpc) is 2.60. The number of benzene rings is 2. The van der Waals surface area contributed by atoms with E-state index in [0.29, 0.717) is 0 Å². The van der Waals surface area contributed by atoms with E-state index < -0.39 is 0 Å². The van der Waals surface area contributed by atoms with E-state index in [1.807, 2.05) is 7.05 Å². The summed E-state index contributed by atoms with van der Waals surface area (Å²) in [6.07, 6.45) is 0. The largest absolute Gasteiger partial charge is 0.319 e. The number of aryl methyl sites for hydroxylation is 2. The van der Waals surface area contributed by atoms with Gasteiger partial charge in [-0.15, -0.1) is 0 Å². The quantitative estimate of drug-likeness (QED) is 0.856. The van der Waals surface area contributed by atoms with Gasteiger partial charge in [-0.2, -0.15) is 0 Å². The Kier molecular flexibility index (Phi) is 2.75. The fraction of sp³-hybridized carbons (Fsp3) is 0.333. The predicted octanol–water partition coefficient (Wildman–Crippen LogP) is 3.81. The molecule has 19 heavy (non-hydrogen) atoms. The van der Waals surface area contributed by atoms with Crippen molar-refractivity contribution in [2.75, 3.05) is 13.6 Å². The van der Waals surface area contributed by atoms with Gasteiger partial charge in [-0.3, -0.25) is 0 Å². The van der Waals surface area contributed by atoms with Gasteiger partial charge in [0.2, 0.25) is 0 Å². The molecular formula is C18H21N. The van der Waals surface area contributed by atoms with Crippen LogP contribution in [-0.4, -0.2) is 13.6 Å². The highest BCUT2D eigenvalue weighted by Gasteiger charge is 2.38. The van der Waals surface area contributed by atoms with Gasteiger partial charge in [0.25, 0.3) is 0 Å². The second-order valence-corrected chi connectivity index (χ2v) is 5.96. The Balaban J connectivity index is 2.32. The molecule has 0 atom stereocenters. The van der Waals surface area contributed by atoms with Crippen LogP contribution in [0.5, 0.6) is 0 Å². The van der Waals surface area contributed by atoms with Gasteiger partial charge in [0, 0.05) is 12.0 Å². The van der Waals surface area contributed by atoms with Gasteiger partial charge >= 0.3 is 0 Å². The molecule has 0 radical (unpaired) electrons. The molecule has 1 heteroatoms.